The van der Waals surface area contributed by atoms with E-state index < -0.39 is 22.0 Å². The summed E-state index contributed by atoms with van der Waals surface area (Å²) in [6.07, 6.45) is 2.54. The molecule has 10 heteroatoms. The summed E-state index contributed by atoms with van der Waals surface area (Å²) < 4.78 is 28.1. The molecule has 0 saturated carbocycles. The number of fused-ring (bicyclic) bond motifs is 2. The van der Waals surface area contributed by atoms with E-state index in [0.29, 0.717) is 48.1 Å². The fourth-order valence-corrected chi connectivity index (χ4v) is 8.49. The third kappa shape index (κ3) is 4.68. The van der Waals surface area contributed by atoms with Crippen LogP contribution in [0.4, 0.5) is 5.69 Å². The number of benzene rings is 3. The Bertz CT molecular complexity index is 1700. The summed E-state index contributed by atoms with van der Waals surface area (Å²) >= 11 is 0. The number of rotatable bonds is 5. The van der Waals surface area contributed by atoms with Crippen molar-refractivity contribution in [2.24, 2.45) is 0 Å². The number of piperidine rings is 2. The molecule has 3 amide bonds. The Morgan fingerprint density at radius 3 is 2.38 bits per heavy atom. The van der Waals surface area contributed by atoms with Crippen molar-refractivity contribution in [1.29, 1.82) is 0 Å². The molecule has 4 aliphatic rings. The second-order valence-corrected chi connectivity index (χ2v) is 13.5. The fraction of sp³-hybridized carbons (Fsp3) is 0.344. The van der Waals surface area contributed by atoms with Crippen molar-refractivity contribution in [2.75, 3.05) is 17.4 Å². The number of imide groups is 1. The number of carbonyl (C=O) groups excluding carboxylic acids is 3. The lowest BCUT2D eigenvalue weighted by Gasteiger charge is -2.32. The lowest BCUT2D eigenvalue weighted by molar-refractivity contribution is -0.136. The number of anilines is 1. The summed E-state index contributed by atoms with van der Waals surface area (Å²) in [6.45, 7) is 3.22. The minimum atomic E-state index is -3.58. The van der Waals surface area contributed by atoms with Gasteiger partial charge >= 0.3 is 0 Å². The van der Waals surface area contributed by atoms with Gasteiger partial charge in [0.2, 0.25) is 11.8 Å². The van der Waals surface area contributed by atoms with Gasteiger partial charge in [0, 0.05) is 25.1 Å². The van der Waals surface area contributed by atoms with Crippen LogP contribution in [0.1, 0.15) is 64.2 Å². The van der Waals surface area contributed by atoms with E-state index in [9.17, 15) is 22.8 Å². The molecule has 216 valence electrons. The highest BCUT2D eigenvalue weighted by atomic mass is 32.2. The lowest BCUT2D eigenvalue weighted by atomic mass is 9.87. The summed E-state index contributed by atoms with van der Waals surface area (Å²) in [7, 11) is -3.58. The van der Waals surface area contributed by atoms with Crippen LogP contribution in [-0.2, 0) is 39.2 Å². The van der Waals surface area contributed by atoms with Crippen LogP contribution in [0.2, 0.25) is 0 Å². The maximum Gasteiger partial charge on any atom is 0.264 e. The normalized spacial score (nSPS) is 22.3. The van der Waals surface area contributed by atoms with Gasteiger partial charge in [-0.1, -0.05) is 42.5 Å². The first-order valence-corrected chi connectivity index (χ1v) is 15.9. The Balaban J connectivity index is 0.990. The molecule has 0 spiro atoms. The van der Waals surface area contributed by atoms with Gasteiger partial charge in [-0.05, 0) is 84.8 Å². The summed E-state index contributed by atoms with van der Waals surface area (Å²) in [5.74, 6) is -0.463. The number of nitrogens with one attached hydrogen (secondary N) is 1. The molecule has 0 radical (unpaired) electrons. The summed E-state index contributed by atoms with van der Waals surface area (Å²) in [6, 6.07) is 20.5. The molecule has 42 heavy (non-hydrogen) atoms. The molecule has 2 fully saturated rings. The minimum absolute atomic E-state index is 0.149. The average Bonchev–Trinajstić information content (AvgIpc) is 3.46. The average molecular weight is 585 g/mol. The van der Waals surface area contributed by atoms with Crippen molar-refractivity contribution >= 4 is 33.4 Å². The third-order valence-electron chi connectivity index (χ3n) is 9.07. The van der Waals surface area contributed by atoms with Crippen molar-refractivity contribution in [3.8, 4) is 0 Å². The number of nitrogens with zero attached hydrogens (tertiary/aromatic N) is 3. The van der Waals surface area contributed by atoms with E-state index in [1.807, 2.05) is 60.7 Å². The van der Waals surface area contributed by atoms with E-state index in [2.05, 4.69) is 16.3 Å². The minimum Gasteiger partial charge on any atom is -0.322 e. The zero-order valence-electron chi connectivity index (χ0n) is 23.2. The van der Waals surface area contributed by atoms with E-state index in [1.165, 1.54) is 9.87 Å². The third-order valence-corrected chi connectivity index (χ3v) is 10.9. The Kier molecular flexibility index (Phi) is 6.62. The standard InChI is InChI=1S/C32H32N4O5S/c37-30-11-10-28(31(38)33-30)35-19-25-17-23(8-9-27(25)32(35)39)22-12-14-34(15-13-22)18-21-6-7-24-20-36(26-4-2-1-3-5-26)42(40,41)29(24)16-21/h1-9,16-17,22,28H,10-15,18-20H2,(H,33,37,38). The zero-order chi connectivity index (χ0) is 29.0. The Hall–Kier alpha value is -4.02. The van der Waals surface area contributed by atoms with Crippen molar-refractivity contribution in [2.45, 2.75) is 62.2 Å². The Morgan fingerprint density at radius 1 is 0.833 bits per heavy atom. The van der Waals surface area contributed by atoms with Crippen LogP contribution < -0.4 is 9.62 Å². The highest BCUT2D eigenvalue weighted by molar-refractivity contribution is 7.93. The van der Waals surface area contributed by atoms with Crippen LogP contribution in [0.15, 0.2) is 71.6 Å². The molecule has 0 bridgehead atoms. The predicted octanol–water partition coefficient (Wildman–Crippen LogP) is 3.54. The van der Waals surface area contributed by atoms with Crippen molar-refractivity contribution in [1.82, 2.24) is 15.1 Å². The molecule has 1 unspecified atom stereocenters. The van der Waals surface area contributed by atoms with Crippen molar-refractivity contribution < 1.29 is 22.8 Å². The molecular weight excluding hydrogens is 552 g/mol. The molecule has 0 aliphatic carbocycles. The van der Waals surface area contributed by atoms with Gasteiger partial charge in [0.25, 0.3) is 15.9 Å². The maximum atomic E-state index is 13.3. The lowest BCUT2D eigenvalue weighted by Crippen LogP contribution is -2.52. The highest BCUT2D eigenvalue weighted by Gasteiger charge is 2.39. The van der Waals surface area contributed by atoms with Gasteiger partial charge in [0.05, 0.1) is 17.1 Å². The SMILES string of the molecule is O=C1CCC(N2Cc3cc(C4CCN(Cc5ccc6c(c5)S(=O)(=O)N(c5ccccc5)C6)CC4)ccc3C2=O)C(=O)N1. The molecule has 4 aliphatic heterocycles. The molecular formula is C32H32N4O5S. The molecule has 3 aromatic rings. The van der Waals surface area contributed by atoms with Gasteiger partial charge < -0.3 is 4.90 Å². The molecule has 3 aromatic carbocycles. The quantitative estimate of drug-likeness (QED) is 0.460. The van der Waals surface area contributed by atoms with Crippen LogP contribution in [0.3, 0.4) is 0 Å². The summed E-state index contributed by atoms with van der Waals surface area (Å²) in [4.78, 5) is 41.3. The Labute approximate surface area is 245 Å². The summed E-state index contributed by atoms with van der Waals surface area (Å²) in [5.41, 5.74) is 5.28. The molecule has 0 aromatic heterocycles. The second-order valence-electron chi connectivity index (χ2n) is 11.7. The largest absolute Gasteiger partial charge is 0.322 e. The first-order chi connectivity index (χ1) is 20.3. The van der Waals surface area contributed by atoms with Crippen LogP contribution in [0, 0.1) is 0 Å². The number of para-hydroxylation sites is 1. The van der Waals surface area contributed by atoms with E-state index in [-0.39, 0.29) is 18.2 Å². The van der Waals surface area contributed by atoms with Gasteiger partial charge in [0.15, 0.2) is 0 Å². The predicted molar refractivity (Wildman–Crippen MR) is 156 cm³/mol. The number of likely N-dealkylation sites (tertiary alicyclic amines) is 1. The van der Waals surface area contributed by atoms with E-state index in [4.69, 9.17) is 0 Å². The van der Waals surface area contributed by atoms with Crippen LogP contribution in [0.5, 0.6) is 0 Å². The molecule has 2 saturated heterocycles. The fourth-order valence-electron chi connectivity index (χ4n) is 6.78. The van der Waals surface area contributed by atoms with Gasteiger partial charge in [-0.3, -0.25) is 28.9 Å². The molecule has 7 rings (SSSR count). The molecule has 1 N–H and O–H groups in total. The number of carbonyl (C=O) groups is 3. The Morgan fingerprint density at radius 2 is 1.62 bits per heavy atom. The first kappa shape index (κ1) is 26.9. The number of hydrogen-bond donors (Lipinski definition) is 1. The van der Waals surface area contributed by atoms with Gasteiger partial charge in [-0.25, -0.2) is 8.42 Å². The van der Waals surface area contributed by atoms with E-state index >= 15 is 0 Å². The molecule has 1 atom stereocenters. The van der Waals surface area contributed by atoms with Crippen LogP contribution in [-0.4, -0.2) is 55.1 Å². The molecule has 9 nitrogen and oxygen atoms in total. The van der Waals surface area contributed by atoms with Crippen LogP contribution >= 0.6 is 0 Å². The van der Waals surface area contributed by atoms with E-state index in [1.54, 1.807) is 4.90 Å². The smallest absolute Gasteiger partial charge is 0.264 e. The van der Waals surface area contributed by atoms with E-state index in [0.717, 1.165) is 42.6 Å². The van der Waals surface area contributed by atoms with Crippen LogP contribution in [0.25, 0.3) is 0 Å². The van der Waals surface area contributed by atoms with Crippen molar-refractivity contribution in [3.63, 3.8) is 0 Å². The number of hydrogen-bond acceptors (Lipinski definition) is 6. The maximum absolute atomic E-state index is 13.3. The number of sulfonamides is 1. The highest BCUT2D eigenvalue weighted by Crippen LogP contribution is 2.37. The zero-order valence-corrected chi connectivity index (χ0v) is 24.0. The van der Waals surface area contributed by atoms with Gasteiger partial charge in [0.1, 0.15) is 6.04 Å². The molecule has 4 heterocycles. The monoisotopic (exact) mass is 584 g/mol. The number of amides is 3. The topological polar surface area (TPSA) is 107 Å². The first-order valence-electron chi connectivity index (χ1n) is 14.5. The van der Waals surface area contributed by atoms with Gasteiger partial charge in [-0.2, -0.15) is 0 Å². The second kappa shape index (κ2) is 10.4. The van der Waals surface area contributed by atoms with Crippen molar-refractivity contribution in [3.05, 3.63) is 94.5 Å². The van der Waals surface area contributed by atoms with Gasteiger partial charge in [-0.15, -0.1) is 0 Å². The summed E-state index contributed by atoms with van der Waals surface area (Å²) in [5, 5.41) is 2.35.